The summed E-state index contributed by atoms with van der Waals surface area (Å²) in [6, 6.07) is 39.5. The van der Waals surface area contributed by atoms with Crippen molar-refractivity contribution < 1.29 is 129 Å². The first-order valence-electron chi connectivity index (χ1n) is 26.6. The highest BCUT2D eigenvalue weighted by atomic mass is 19.2. The highest BCUT2D eigenvalue weighted by Gasteiger charge is 2.07. The topological polar surface area (TPSA) is 216 Å². The average Bonchev–Trinajstić information content (AvgIpc) is 3.57. The minimum Gasteiger partial charge on any atom is -0.867 e. The number of aryl methyl sites for hydroxylation is 8. The number of hydrogen-bond acceptors (Lipinski definition) is 8. The molecule has 0 saturated carbocycles. The van der Waals surface area contributed by atoms with Gasteiger partial charge in [-0.3, -0.25) is 0 Å². The van der Waals surface area contributed by atoms with Crippen LogP contribution in [0.3, 0.4) is 0 Å². The second kappa shape index (κ2) is 57.1. The third kappa shape index (κ3) is 50.5. The molecule has 0 bridgehead atoms. The summed E-state index contributed by atoms with van der Waals surface area (Å²) in [6.45, 7) is 20.7. The summed E-state index contributed by atoms with van der Waals surface area (Å²) in [7, 11) is -12.7. The van der Waals surface area contributed by atoms with Crippen LogP contribution in [0.4, 0.5) is 52.4 Å². The van der Waals surface area contributed by atoms with Crippen LogP contribution in [0.2, 0.25) is 0 Å². The standard InChI is InChI=1S/8C7H9FN.4BFO2/c8*1-2-9-6-4-3-5-7(9)8;4*2-1(3)4/h8*3-6H,2H2,1H3;;;;/q8*+1;4*-2. The van der Waals surface area contributed by atoms with Gasteiger partial charge in [0.15, 0.2) is 49.6 Å². The summed E-state index contributed by atoms with van der Waals surface area (Å²) in [4.78, 5) is 0. The predicted octanol–water partition coefficient (Wildman–Crippen LogP) is -0.290. The Morgan fingerprint density at radius 1 is 0.216 bits per heavy atom. The molecule has 0 spiro atoms. The Labute approximate surface area is 507 Å². The molecule has 8 aromatic heterocycles. The van der Waals surface area contributed by atoms with Crippen LogP contribution in [-0.2, 0) is 52.4 Å². The van der Waals surface area contributed by atoms with E-state index in [9.17, 15) is 52.4 Å². The van der Waals surface area contributed by atoms with E-state index < -0.39 is 29.6 Å². The van der Waals surface area contributed by atoms with Crippen molar-refractivity contribution in [3.8, 4) is 0 Å². The molecule has 8 heterocycles. The van der Waals surface area contributed by atoms with Gasteiger partial charge in [-0.2, -0.15) is 36.5 Å². The fraction of sp³-hybridized carbons (Fsp3) is 0.286. The highest BCUT2D eigenvalue weighted by Crippen LogP contribution is 1.91. The molecule has 0 atom stereocenters. The average molecular weight is 1260 g/mol. The molecule has 16 nitrogen and oxygen atoms in total. The minimum absolute atomic E-state index is 0.181. The van der Waals surface area contributed by atoms with Gasteiger partial charge in [0.1, 0.15) is 81.9 Å². The first-order chi connectivity index (χ1) is 41.7. The molecule has 0 aliphatic heterocycles. The fourth-order valence-corrected chi connectivity index (χ4v) is 5.70. The number of pyridine rings is 8. The maximum absolute atomic E-state index is 12.6. The molecular weight excluding hydrogens is 1180 g/mol. The van der Waals surface area contributed by atoms with Crippen molar-refractivity contribution in [3.05, 3.63) is 243 Å². The third-order valence-corrected chi connectivity index (χ3v) is 9.81. The lowest BCUT2D eigenvalue weighted by atomic mass is 10.3. The van der Waals surface area contributed by atoms with Crippen LogP contribution in [0.25, 0.3) is 0 Å². The molecule has 0 saturated heterocycles. The van der Waals surface area contributed by atoms with Gasteiger partial charge >= 0.3 is 47.6 Å². The second-order valence-electron chi connectivity index (χ2n) is 15.6. The smallest absolute Gasteiger partial charge is 0.359 e. The number of nitrogens with zero attached hydrogens (tertiary/aromatic N) is 8. The molecule has 0 aromatic carbocycles. The van der Waals surface area contributed by atoms with Crippen molar-refractivity contribution in [1.29, 1.82) is 0 Å². The lowest BCUT2D eigenvalue weighted by Gasteiger charge is -2.09. The first-order valence-corrected chi connectivity index (χ1v) is 26.6. The van der Waals surface area contributed by atoms with E-state index in [0.29, 0.717) is 52.4 Å². The van der Waals surface area contributed by atoms with Crippen molar-refractivity contribution in [3.63, 3.8) is 0 Å². The quantitative estimate of drug-likeness (QED) is 0.0852. The lowest BCUT2D eigenvalue weighted by molar-refractivity contribution is -0.721. The van der Waals surface area contributed by atoms with Crippen LogP contribution in [-0.4, -0.2) is 29.6 Å². The van der Waals surface area contributed by atoms with Crippen molar-refractivity contribution in [2.24, 2.45) is 0 Å². The van der Waals surface area contributed by atoms with E-state index >= 15 is 0 Å². The van der Waals surface area contributed by atoms with Crippen LogP contribution in [0.5, 0.6) is 0 Å². The van der Waals surface area contributed by atoms with Gasteiger partial charge in [-0.15, -0.1) is 35.1 Å². The summed E-state index contributed by atoms with van der Waals surface area (Å²) in [5, 5.41) is 66.4. The molecule has 0 unspecified atom stereocenters. The van der Waals surface area contributed by atoms with Crippen molar-refractivity contribution in [2.45, 2.75) is 108 Å². The van der Waals surface area contributed by atoms with Gasteiger partial charge in [0.05, 0.1) is 0 Å². The molecule has 88 heavy (non-hydrogen) atoms. The Kier molecular flexibility index (Phi) is 56.2. The SMILES string of the molecule is CC[n+]1ccccc1F.CC[n+]1ccccc1F.CC[n+]1ccccc1F.CC[n+]1ccccc1F.CC[n+]1ccccc1F.CC[n+]1ccccc1F.CC[n+]1ccccc1F.CC[n+]1ccccc1F.[O-]B([O-])F.[O-]B([O-])F.[O-]B([O-])F.[O-]B([O-])F. The molecule has 8 aromatic rings. The largest absolute Gasteiger partial charge is 0.867 e. The highest BCUT2D eigenvalue weighted by molar-refractivity contribution is 6.27. The van der Waals surface area contributed by atoms with Gasteiger partial charge < -0.3 is 57.5 Å². The summed E-state index contributed by atoms with van der Waals surface area (Å²) in [5.74, 6) is -1.44. The van der Waals surface area contributed by atoms with Crippen LogP contribution < -0.4 is 76.7 Å². The Bertz CT molecular complexity index is 2370. The molecule has 0 aliphatic rings. The zero-order valence-electron chi connectivity index (χ0n) is 49.8. The number of hydrogen-bond donors (Lipinski definition) is 0. The van der Waals surface area contributed by atoms with Gasteiger partial charge in [0.2, 0.25) is 0 Å². The van der Waals surface area contributed by atoms with Crippen LogP contribution in [0.15, 0.2) is 195 Å². The molecule has 0 amide bonds. The summed E-state index contributed by atoms with van der Waals surface area (Å²) >= 11 is 0. The Morgan fingerprint density at radius 3 is 0.341 bits per heavy atom. The third-order valence-electron chi connectivity index (χ3n) is 9.81. The van der Waals surface area contributed by atoms with Crippen LogP contribution >= 0.6 is 0 Å². The maximum atomic E-state index is 12.6. The van der Waals surface area contributed by atoms with Gasteiger partial charge in [-0.25, -0.2) is 0 Å². The molecule has 0 radical (unpaired) electrons. The Morgan fingerprint density at radius 2 is 0.295 bits per heavy atom. The van der Waals surface area contributed by atoms with E-state index in [-0.39, 0.29) is 47.6 Å². The maximum Gasteiger partial charge on any atom is 0.359 e. The number of halogens is 12. The Balaban J connectivity index is -0.000000443. The van der Waals surface area contributed by atoms with E-state index in [1.54, 1.807) is 135 Å². The van der Waals surface area contributed by atoms with E-state index in [2.05, 4.69) is 0 Å². The Hall–Kier alpha value is -7.70. The second-order valence-corrected chi connectivity index (χ2v) is 15.6. The van der Waals surface area contributed by atoms with E-state index in [0.717, 1.165) is 0 Å². The fourth-order valence-electron chi connectivity index (χ4n) is 5.70. The van der Waals surface area contributed by atoms with Gasteiger partial charge in [-0.1, -0.05) is 0 Å². The normalized spacial score (nSPS) is 9.05. The molecule has 8 rings (SSSR count). The molecule has 480 valence electrons. The van der Waals surface area contributed by atoms with Crippen LogP contribution in [0.1, 0.15) is 55.4 Å². The van der Waals surface area contributed by atoms with Crippen molar-refractivity contribution >= 4 is 29.6 Å². The van der Waals surface area contributed by atoms with E-state index in [1.807, 2.05) is 104 Å². The van der Waals surface area contributed by atoms with E-state index in [4.69, 9.17) is 40.2 Å². The van der Waals surface area contributed by atoms with E-state index in [1.165, 1.54) is 48.5 Å². The molecule has 0 fully saturated rings. The van der Waals surface area contributed by atoms with Gasteiger partial charge in [0.25, 0.3) is 0 Å². The monoisotopic (exact) mass is 1260 g/mol. The van der Waals surface area contributed by atoms with Crippen molar-refractivity contribution in [2.75, 3.05) is 0 Å². The number of rotatable bonds is 8. The predicted molar refractivity (Wildman–Crippen MR) is 286 cm³/mol. The minimum atomic E-state index is -3.17. The summed E-state index contributed by atoms with van der Waals surface area (Å²) in [5.41, 5.74) is 0. The molecule has 0 N–H and O–H groups in total. The molecule has 0 aliphatic carbocycles. The first kappa shape index (κ1) is 86.7. The summed E-state index contributed by atoms with van der Waals surface area (Å²) in [6.07, 6.45) is 13.7. The molecular formula is C56H72B4F12N8O8. The van der Waals surface area contributed by atoms with Gasteiger partial charge in [-0.05, 0) is 104 Å². The molecule has 32 heteroatoms. The van der Waals surface area contributed by atoms with Crippen molar-refractivity contribution in [1.82, 2.24) is 0 Å². The zero-order valence-corrected chi connectivity index (χ0v) is 49.8. The zero-order chi connectivity index (χ0) is 67.8. The lowest BCUT2D eigenvalue weighted by Crippen LogP contribution is -2.39. The number of aromatic nitrogens is 8. The summed E-state index contributed by atoms with van der Waals surface area (Å²) < 4.78 is 152. The van der Waals surface area contributed by atoms with Gasteiger partial charge in [0, 0.05) is 97.1 Å². The van der Waals surface area contributed by atoms with Crippen LogP contribution in [0, 0.1) is 47.6 Å².